The molecule has 0 aliphatic carbocycles. The lowest BCUT2D eigenvalue weighted by Crippen LogP contribution is -2.01. The summed E-state index contributed by atoms with van der Waals surface area (Å²) in [6.45, 7) is 0. The number of aromatic nitrogens is 2. The van der Waals surface area contributed by atoms with Crippen LogP contribution in [-0.2, 0) is 0 Å². The monoisotopic (exact) mass is 172 g/mol. The second-order valence-corrected chi connectivity index (χ2v) is 2.55. The zero-order valence-corrected chi connectivity index (χ0v) is 6.72. The van der Waals surface area contributed by atoms with Gasteiger partial charge in [-0.2, -0.15) is 0 Å². The van der Waals surface area contributed by atoms with Crippen LogP contribution >= 0.6 is 11.8 Å². The van der Waals surface area contributed by atoms with E-state index >= 15 is 0 Å². The van der Waals surface area contributed by atoms with Crippen LogP contribution in [0.15, 0.2) is 11.4 Å². The average Bonchev–Trinajstić information content (AvgIpc) is 2.05. The van der Waals surface area contributed by atoms with Gasteiger partial charge >= 0.3 is 0 Å². The molecule has 0 atom stereocenters. The number of hydrogen-bond donors (Lipinski definition) is 3. The van der Waals surface area contributed by atoms with Crippen molar-refractivity contribution < 1.29 is 5.21 Å². The van der Waals surface area contributed by atoms with Crippen molar-refractivity contribution in [3.8, 4) is 0 Å². The summed E-state index contributed by atoms with van der Waals surface area (Å²) in [5, 5.41) is 9.07. The van der Waals surface area contributed by atoms with E-state index in [1.807, 2.05) is 11.7 Å². The SMILES string of the molecule is CSc1ncc(N)c(NO)n1. The maximum atomic E-state index is 8.51. The summed E-state index contributed by atoms with van der Waals surface area (Å²) in [6, 6.07) is 0. The first kappa shape index (κ1) is 8.09. The van der Waals surface area contributed by atoms with Crippen LogP contribution in [0.3, 0.4) is 0 Å². The summed E-state index contributed by atoms with van der Waals surface area (Å²) >= 11 is 1.38. The van der Waals surface area contributed by atoms with Crippen molar-refractivity contribution in [1.29, 1.82) is 0 Å². The second-order valence-electron chi connectivity index (χ2n) is 1.77. The number of anilines is 2. The molecule has 1 heterocycles. The number of nitrogens with zero attached hydrogens (tertiary/aromatic N) is 2. The summed E-state index contributed by atoms with van der Waals surface area (Å²) in [5.41, 5.74) is 7.60. The molecule has 0 spiro atoms. The van der Waals surface area contributed by atoms with E-state index in [0.717, 1.165) is 0 Å². The highest BCUT2D eigenvalue weighted by Crippen LogP contribution is 2.16. The van der Waals surface area contributed by atoms with Gasteiger partial charge in [0.25, 0.3) is 0 Å². The molecule has 0 aliphatic heterocycles. The highest BCUT2D eigenvalue weighted by Gasteiger charge is 2.00. The van der Waals surface area contributed by atoms with Gasteiger partial charge in [-0.1, -0.05) is 11.8 Å². The minimum absolute atomic E-state index is 0.240. The van der Waals surface area contributed by atoms with Crippen molar-refractivity contribution in [2.24, 2.45) is 0 Å². The lowest BCUT2D eigenvalue weighted by molar-refractivity contribution is 0.385. The van der Waals surface area contributed by atoms with Crippen molar-refractivity contribution in [3.63, 3.8) is 0 Å². The molecule has 0 saturated carbocycles. The van der Waals surface area contributed by atoms with Gasteiger partial charge in [-0.05, 0) is 6.26 Å². The van der Waals surface area contributed by atoms with Gasteiger partial charge in [-0.15, -0.1) is 0 Å². The Balaban J connectivity index is 3.02. The molecular formula is C5H8N4OS. The quantitative estimate of drug-likeness (QED) is 0.344. The van der Waals surface area contributed by atoms with E-state index in [1.165, 1.54) is 18.0 Å². The van der Waals surface area contributed by atoms with Gasteiger partial charge in [-0.3, -0.25) is 10.7 Å². The molecule has 11 heavy (non-hydrogen) atoms. The first-order valence-corrected chi connectivity index (χ1v) is 4.07. The number of thioether (sulfide) groups is 1. The van der Waals surface area contributed by atoms with E-state index in [9.17, 15) is 0 Å². The fourth-order valence-corrected chi connectivity index (χ4v) is 0.904. The van der Waals surface area contributed by atoms with E-state index in [2.05, 4.69) is 9.97 Å². The maximum absolute atomic E-state index is 8.51. The van der Waals surface area contributed by atoms with Crippen LogP contribution in [0.25, 0.3) is 0 Å². The molecule has 6 heteroatoms. The Kier molecular flexibility index (Phi) is 2.50. The number of nitrogens with one attached hydrogen (secondary N) is 1. The summed E-state index contributed by atoms with van der Waals surface area (Å²) in [6.07, 6.45) is 3.28. The van der Waals surface area contributed by atoms with Crippen molar-refractivity contribution in [2.45, 2.75) is 5.16 Å². The smallest absolute Gasteiger partial charge is 0.189 e. The Bertz CT molecular complexity index is 254. The number of nitrogens with two attached hydrogens (primary N) is 1. The van der Waals surface area contributed by atoms with Crippen LogP contribution in [0.5, 0.6) is 0 Å². The zero-order valence-electron chi connectivity index (χ0n) is 5.90. The van der Waals surface area contributed by atoms with Gasteiger partial charge < -0.3 is 5.73 Å². The van der Waals surface area contributed by atoms with Crippen molar-refractivity contribution >= 4 is 23.3 Å². The largest absolute Gasteiger partial charge is 0.394 e. The zero-order chi connectivity index (χ0) is 8.27. The molecule has 0 bridgehead atoms. The van der Waals surface area contributed by atoms with Crippen LogP contribution in [0.2, 0.25) is 0 Å². The van der Waals surface area contributed by atoms with E-state index in [4.69, 9.17) is 10.9 Å². The first-order valence-electron chi connectivity index (χ1n) is 2.84. The molecule has 0 radical (unpaired) electrons. The Hall–Kier alpha value is -1.01. The van der Waals surface area contributed by atoms with Gasteiger partial charge in [0.05, 0.1) is 11.9 Å². The Labute approximate surface area is 68.0 Å². The summed E-state index contributed by atoms with van der Waals surface area (Å²) in [4.78, 5) is 7.76. The maximum Gasteiger partial charge on any atom is 0.189 e. The third kappa shape index (κ3) is 1.72. The topological polar surface area (TPSA) is 84.1 Å². The minimum atomic E-state index is 0.240. The Morgan fingerprint density at radius 2 is 2.45 bits per heavy atom. The molecule has 1 aromatic rings. The van der Waals surface area contributed by atoms with Crippen molar-refractivity contribution in [2.75, 3.05) is 17.5 Å². The number of nitrogen functional groups attached to an aromatic ring is 1. The van der Waals surface area contributed by atoms with E-state index < -0.39 is 0 Å². The molecule has 0 aromatic carbocycles. The fourth-order valence-electron chi connectivity index (χ4n) is 0.563. The van der Waals surface area contributed by atoms with E-state index in [1.54, 1.807) is 0 Å². The molecule has 1 aromatic heterocycles. The Morgan fingerprint density at radius 3 is 3.00 bits per heavy atom. The van der Waals surface area contributed by atoms with Gasteiger partial charge in [0.2, 0.25) is 0 Å². The molecule has 1 rings (SSSR count). The lowest BCUT2D eigenvalue weighted by Gasteiger charge is -2.02. The van der Waals surface area contributed by atoms with Crippen molar-refractivity contribution in [3.05, 3.63) is 6.20 Å². The van der Waals surface area contributed by atoms with E-state index in [-0.39, 0.29) is 5.82 Å². The average molecular weight is 172 g/mol. The third-order valence-electron chi connectivity index (χ3n) is 1.08. The second kappa shape index (κ2) is 3.40. The third-order valence-corrected chi connectivity index (χ3v) is 1.65. The highest BCUT2D eigenvalue weighted by molar-refractivity contribution is 7.98. The van der Waals surface area contributed by atoms with Gasteiger partial charge in [0.15, 0.2) is 11.0 Å². The molecule has 0 amide bonds. The van der Waals surface area contributed by atoms with Gasteiger partial charge in [-0.25, -0.2) is 9.97 Å². The van der Waals surface area contributed by atoms with Crippen molar-refractivity contribution in [1.82, 2.24) is 9.97 Å². The summed E-state index contributed by atoms with van der Waals surface area (Å²) in [5.74, 6) is 0.240. The normalized spacial score (nSPS) is 9.64. The van der Waals surface area contributed by atoms with Crippen LogP contribution < -0.4 is 11.2 Å². The van der Waals surface area contributed by atoms with Crippen LogP contribution in [0.4, 0.5) is 11.5 Å². The summed E-state index contributed by atoms with van der Waals surface area (Å²) in [7, 11) is 0. The first-order chi connectivity index (χ1) is 5.27. The fraction of sp³-hybridized carbons (Fsp3) is 0.200. The summed E-state index contributed by atoms with van der Waals surface area (Å²) < 4.78 is 0. The highest BCUT2D eigenvalue weighted by atomic mass is 32.2. The molecule has 0 fully saturated rings. The van der Waals surface area contributed by atoms with Crippen LogP contribution in [0.1, 0.15) is 0 Å². The number of rotatable bonds is 2. The molecule has 4 N–H and O–H groups in total. The van der Waals surface area contributed by atoms with E-state index in [0.29, 0.717) is 10.8 Å². The minimum Gasteiger partial charge on any atom is -0.394 e. The van der Waals surface area contributed by atoms with Crippen LogP contribution in [-0.4, -0.2) is 21.4 Å². The predicted octanol–water partition coefficient (Wildman–Crippen LogP) is 0.582. The number of hydrogen-bond acceptors (Lipinski definition) is 6. The molecule has 0 aliphatic rings. The molecular weight excluding hydrogens is 164 g/mol. The van der Waals surface area contributed by atoms with Gasteiger partial charge in [0, 0.05) is 0 Å². The van der Waals surface area contributed by atoms with Crippen LogP contribution in [0, 0.1) is 0 Å². The molecule has 60 valence electrons. The Morgan fingerprint density at radius 1 is 1.73 bits per heavy atom. The molecule has 0 unspecified atom stereocenters. The van der Waals surface area contributed by atoms with Gasteiger partial charge in [0.1, 0.15) is 0 Å². The lowest BCUT2D eigenvalue weighted by atomic mass is 10.5. The predicted molar refractivity (Wildman–Crippen MR) is 43.6 cm³/mol. The standard InChI is InChI=1S/C5H8N4OS/c1-11-5-7-2-3(6)4(8-5)9-10/h2,10H,6H2,1H3,(H,7,8,9). The molecule has 0 saturated heterocycles. The molecule has 5 nitrogen and oxygen atoms in total.